The van der Waals surface area contributed by atoms with Crippen LogP contribution in [0.15, 0.2) is 24.3 Å². The molecule has 3 nitrogen and oxygen atoms in total. The van der Waals surface area contributed by atoms with Gasteiger partial charge in [-0.15, -0.1) is 11.6 Å². The lowest BCUT2D eigenvalue weighted by Gasteiger charge is -2.28. The van der Waals surface area contributed by atoms with E-state index in [1.54, 1.807) is 0 Å². The predicted octanol–water partition coefficient (Wildman–Crippen LogP) is 2.01. The van der Waals surface area contributed by atoms with Gasteiger partial charge in [0.05, 0.1) is 17.3 Å². The van der Waals surface area contributed by atoms with Crippen molar-refractivity contribution in [1.29, 1.82) is 5.26 Å². The summed E-state index contributed by atoms with van der Waals surface area (Å²) in [5.74, 6) is 0.231. The Morgan fingerprint density at radius 3 is 2.86 bits per heavy atom. The molecule has 4 heteroatoms. The second-order valence-electron chi connectivity index (χ2n) is 3.31. The molecule has 0 aromatic heterocycles. The van der Waals surface area contributed by atoms with Gasteiger partial charge in [-0.25, -0.2) is 0 Å². The zero-order valence-corrected chi connectivity index (χ0v) is 8.54. The van der Waals surface area contributed by atoms with E-state index < -0.39 is 5.66 Å². The number of anilines is 2. The number of rotatable bonds is 1. The molecule has 1 heterocycles. The second kappa shape index (κ2) is 3.07. The van der Waals surface area contributed by atoms with Gasteiger partial charge in [-0.05, 0) is 12.1 Å². The van der Waals surface area contributed by atoms with Gasteiger partial charge in [-0.2, -0.15) is 5.26 Å². The number of hydrogen-bond acceptors (Lipinski definition) is 3. The molecule has 1 aliphatic rings. The number of benzene rings is 1. The van der Waals surface area contributed by atoms with Crippen LogP contribution in [0.25, 0.3) is 0 Å². The van der Waals surface area contributed by atoms with E-state index in [-0.39, 0.29) is 5.88 Å². The standard InChI is InChI=1S/C10H10ClN3/c1-14-9-5-3-2-4-8(9)13-10(14,6-11)7-12/h2-5,13H,6H2,1H3. The van der Waals surface area contributed by atoms with Gasteiger partial charge in [-0.1, -0.05) is 12.1 Å². The van der Waals surface area contributed by atoms with Crippen molar-refractivity contribution in [2.24, 2.45) is 0 Å². The predicted molar refractivity (Wildman–Crippen MR) is 57.5 cm³/mol. The van der Waals surface area contributed by atoms with Crippen molar-refractivity contribution in [3.63, 3.8) is 0 Å². The maximum absolute atomic E-state index is 9.12. The van der Waals surface area contributed by atoms with Crippen LogP contribution in [0.3, 0.4) is 0 Å². The smallest absolute Gasteiger partial charge is 0.214 e. The summed E-state index contributed by atoms with van der Waals surface area (Å²) in [6.45, 7) is 0. The van der Waals surface area contributed by atoms with Gasteiger partial charge >= 0.3 is 0 Å². The van der Waals surface area contributed by atoms with E-state index in [2.05, 4.69) is 11.4 Å². The van der Waals surface area contributed by atoms with Crippen LogP contribution < -0.4 is 10.2 Å². The van der Waals surface area contributed by atoms with Crippen LogP contribution in [0.1, 0.15) is 0 Å². The molecule has 0 bridgehead atoms. The molecular formula is C10H10ClN3. The van der Waals surface area contributed by atoms with Crippen LogP contribution >= 0.6 is 11.6 Å². The molecule has 1 aromatic rings. The van der Waals surface area contributed by atoms with Gasteiger partial charge in [0, 0.05) is 7.05 Å². The minimum Gasteiger partial charge on any atom is -0.348 e. The number of nitriles is 1. The molecule has 1 N–H and O–H groups in total. The van der Waals surface area contributed by atoms with Crippen LogP contribution in [0, 0.1) is 11.3 Å². The average molecular weight is 208 g/mol. The summed E-state index contributed by atoms with van der Waals surface area (Å²) in [5.41, 5.74) is 1.16. The Hall–Kier alpha value is -1.40. The quantitative estimate of drug-likeness (QED) is 0.716. The first kappa shape index (κ1) is 9.17. The molecule has 1 atom stereocenters. The molecule has 0 aliphatic carbocycles. The van der Waals surface area contributed by atoms with E-state index in [9.17, 15) is 0 Å². The van der Waals surface area contributed by atoms with Gasteiger partial charge < -0.3 is 10.2 Å². The number of nitrogens with zero attached hydrogens (tertiary/aromatic N) is 2. The molecule has 1 aliphatic heterocycles. The van der Waals surface area contributed by atoms with Gasteiger partial charge in [0.2, 0.25) is 5.66 Å². The van der Waals surface area contributed by atoms with E-state index in [1.807, 2.05) is 36.2 Å². The third-order valence-corrected chi connectivity index (χ3v) is 2.94. The van der Waals surface area contributed by atoms with E-state index in [4.69, 9.17) is 16.9 Å². The zero-order valence-electron chi connectivity index (χ0n) is 7.79. The van der Waals surface area contributed by atoms with Crippen molar-refractivity contribution in [1.82, 2.24) is 0 Å². The van der Waals surface area contributed by atoms with Crippen LogP contribution in [0.5, 0.6) is 0 Å². The molecule has 0 amide bonds. The first-order valence-electron chi connectivity index (χ1n) is 4.32. The lowest BCUT2D eigenvalue weighted by molar-refractivity contribution is 0.669. The highest BCUT2D eigenvalue weighted by atomic mass is 35.5. The number of alkyl halides is 1. The van der Waals surface area contributed by atoms with E-state index in [0.29, 0.717) is 0 Å². The summed E-state index contributed by atoms with van der Waals surface area (Å²) in [6, 6.07) is 9.99. The van der Waals surface area contributed by atoms with Crippen molar-refractivity contribution in [3.8, 4) is 6.07 Å². The monoisotopic (exact) mass is 207 g/mol. The Morgan fingerprint density at radius 2 is 2.29 bits per heavy atom. The van der Waals surface area contributed by atoms with Crippen molar-refractivity contribution < 1.29 is 0 Å². The molecule has 0 saturated carbocycles. The topological polar surface area (TPSA) is 39.1 Å². The number of fused-ring (bicyclic) bond motifs is 1. The lowest BCUT2D eigenvalue weighted by Crippen LogP contribution is -2.49. The highest BCUT2D eigenvalue weighted by molar-refractivity contribution is 6.19. The third-order valence-electron chi connectivity index (χ3n) is 2.56. The normalized spacial score (nSPS) is 23.9. The summed E-state index contributed by atoms with van der Waals surface area (Å²) in [7, 11) is 1.87. The highest BCUT2D eigenvalue weighted by Crippen LogP contribution is 2.38. The summed E-state index contributed by atoms with van der Waals surface area (Å²) in [5, 5.41) is 12.3. The fourth-order valence-electron chi connectivity index (χ4n) is 1.64. The number of hydrogen-bond donors (Lipinski definition) is 1. The molecule has 0 fully saturated rings. The molecule has 0 saturated heterocycles. The number of para-hydroxylation sites is 2. The van der Waals surface area contributed by atoms with Crippen LogP contribution in [0.4, 0.5) is 11.4 Å². The largest absolute Gasteiger partial charge is 0.348 e. The van der Waals surface area contributed by atoms with Gasteiger partial charge in [-0.3, -0.25) is 0 Å². The average Bonchev–Trinajstić information content (AvgIpc) is 2.53. The van der Waals surface area contributed by atoms with E-state index >= 15 is 0 Å². The first-order valence-corrected chi connectivity index (χ1v) is 4.85. The van der Waals surface area contributed by atoms with Gasteiger partial charge in [0.15, 0.2) is 0 Å². The molecule has 0 radical (unpaired) electrons. The fourth-order valence-corrected chi connectivity index (χ4v) is 1.95. The molecule has 1 aromatic carbocycles. The minimum atomic E-state index is -0.800. The van der Waals surface area contributed by atoms with Crippen LogP contribution in [0.2, 0.25) is 0 Å². The highest BCUT2D eigenvalue weighted by Gasteiger charge is 2.40. The lowest BCUT2D eigenvalue weighted by atomic mass is 10.2. The maximum Gasteiger partial charge on any atom is 0.214 e. The summed E-state index contributed by atoms with van der Waals surface area (Å²) < 4.78 is 0. The van der Waals surface area contributed by atoms with E-state index in [1.165, 1.54) is 0 Å². The molecule has 0 spiro atoms. The molecule has 2 rings (SSSR count). The SMILES string of the molecule is CN1c2ccccc2NC1(C#N)CCl. The minimum absolute atomic E-state index is 0.231. The fraction of sp³-hybridized carbons (Fsp3) is 0.300. The van der Waals surface area contributed by atoms with Crippen molar-refractivity contribution in [3.05, 3.63) is 24.3 Å². The van der Waals surface area contributed by atoms with Crippen molar-refractivity contribution in [2.75, 3.05) is 23.1 Å². The zero-order chi connectivity index (χ0) is 10.2. The Labute approximate surface area is 87.9 Å². The molecular weight excluding hydrogens is 198 g/mol. The molecule has 1 unspecified atom stereocenters. The van der Waals surface area contributed by atoms with Crippen molar-refractivity contribution in [2.45, 2.75) is 5.66 Å². The second-order valence-corrected chi connectivity index (χ2v) is 3.57. The number of nitrogens with one attached hydrogen (secondary N) is 1. The first-order chi connectivity index (χ1) is 6.73. The Kier molecular flexibility index (Phi) is 2.01. The molecule has 72 valence electrons. The van der Waals surface area contributed by atoms with Crippen molar-refractivity contribution >= 4 is 23.0 Å². The third kappa shape index (κ3) is 1.04. The maximum atomic E-state index is 9.12. The summed E-state index contributed by atoms with van der Waals surface area (Å²) in [6.07, 6.45) is 0. The Balaban J connectivity index is 2.48. The van der Waals surface area contributed by atoms with Crippen LogP contribution in [-0.4, -0.2) is 18.6 Å². The number of halogens is 1. The Bertz CT molecular complexity index is 399. The van der Waals surface area contributed by atoms with Crippen LogP contribution in [-0.2, 0) is 0 Å². The van der Waals surface area contributed by atoms with Gasteiger partial charge in [0.1, 0.15) is 6.07 Å². The van der Waals surface area contributed by atoms with Gasteiger partial charge in [0.25, 0.3) is 0 Å². The summed E-state index contributed by atoms with van der Waals surface area (Å²) >= 11 is 5.82. The van der Waals surface area contributed by atoms with E-state index in [0.717, 1.165) is 11.4 Å². The Morgan fingerprint density at radius 1 is 1.57 bits per heavy atom. The molecule has 14 heavy (non-hydrogen) atoms. The summed E-state index contributed by atoms with van der Waals surface area (Å²) in [4.78, 5) is 1.87.